The number of aliphatic imine (C=N–C) groups is 1. The molecule has 0 radical (unpaired) electrons. The lowest BCUT2D eigenvalue weighted by atomic mass is 9.96. The van der Waals surface area contributed by atoms with Crippen molar-refractivity contribution in [3.63, 3.8) is 0 Å². The average molecular weight is 488 g/mol. The maximum absolute atomic E-state index is 9.93. The molecular weight excluding hydrogens is 464 g/mol. The molecule has 1 aliphatic rings. The molecule has 24 heavy (non-hydrogen) atoms. The van der Waals surface area contributed by atoms with Crippen LogP contribution in [0.1, 0.15) is 32.1 Å². The summed E-state index contributed by atoms with van der Waals surface area (Å²) in [6, 6.07) is 5.50. The second-order valence-electron chi connectivity index (χ2n) is 5.72. The molecule has 0 aliphatic heterocycles. The molecule has 1 unspecified atom stereocenters. The van der Waals surface area contributed by atoms with E-state index in [4.69, 9.17) is 33.7 Å². The fraction of sp³-hybridized carbons (Fsp3) is 0.562. The van der Waals surface area contributed by atoms with Gasteiger partial charge in [0.25, 0.3) is 0 Å². The zero-order valence-electron chi connectivity index (χ0n) is 13.4. The van der Waals surface area contributed by atoms with Gasteiger partial charge in [0.15, 0.2) is 5.96 Å². The lowest BCUT2D eigenvalue weighted by Crippen LogP contribution is -2.41. The normalized spacial score (nSPS) is 17.0. The third-order valence-corrected chi connectivity index (χ3v) is 4.58. The lowest BCUT2D eigenvalue weighted by Gasteiger charge is -2.23. The third kappa shape index (κ3) is 7.21. The summed E-state index contributed by atoms with van der Waals surface area (Å²) in [6.45, 7) is 0.240. The van der Waals surface area contributed by atoms with E-state index in [9.17, 15) is 5.11 Å². The van der Waals surface area contributed by atoms with Crippen LogP contribution >= 0.6 is 47.2 Å². The Morgan fingerprint density at radius 3 is 2.75 bits per heavy atom. The zero-order valence-corrected chi connectivity index (χ0v) is 17.2. The number of nitrogens with two attached hydrogens (primary N) is 1. The standard InChI is InChI=1S/C16H23Cl2N3O2.HI/c17-13-7-4-8-14(15(13)18)23-10-12(22)9-20-16(19)21-11-5-2-1-3-6-11;/h4,7-8,11-12,22H,1-3,5-6,9-10H2,(H3,19,20,21);1H. The first kappa shape index (κ1) is 21.6. The number of ether oxygens (including phenoxy) is 1. The molecule has 1 fully saturated rings. The molecular formula is C16H24Cl2IN3O2. The van der Waals surface area contributed by atoms with E-state index >= 15 is 0 Å². The number of rotatable bonds is 6. The van der Waals surface area contributed by atoms with Crippen molar-refractivity contribution in [2.45, 2.75) is 44.2 Å². The molecule has 0 amide bonds. The highest BCUT2D eigenvalue weighted by Gasteiger charge is 2.14. The molecule has 0 spiro atoms. The Balaban J connectivity index is 0.00000288. The summed E-state index contributed by atoms with van der Waals surface area (Å²) in [5.41, 5.74) is 5.85. The largest absolute Gasteiger partial charge is 0.489 e. The van der Waals surface area contributed by atoms with Crippen LogP contribution in [-0.2, 0) is 0 Å². The second kappa shape index (κ2) is 11.2. The minimum absolute atomic E-state index is 0. The van der Waals surface area contributed by atoms with Crippen LogP contribution in [0.4, 0.5) is 0 Å². The van der Waals surface area contributed by atoms with Gasteiger partial charge in [0.2, 0.25) is 0 Å². The minimum atomic E-state index is -0.767. The molecule has 8 heteroatoms. The minimum Gasteiger partial charge on any atom is -0.489 e. The number of aliphatic hydroxyl groups excluding tert-OH is 1. The van der Waals surface area contributed by atoms with Crippen LogP contribution in [0.25, 0.3) is 0 Å². The maximum atomic E-state index is 9.93. The van der Waals surface area contributed by atoms with E-state index in [0.717, 1.165) is 12.8 Å². The Kier molecular flexibility index (Phi) is 10.1. The summed E-state index contributed by atoms with van der Waals surface area (Å²) in [4.78, 5) is 4.16. The Morgan fingerprint density at radius 2 is 2.04 bits per heavy atom. The Labute approximate surface area is 170 Å². The van der Waals surface area contributed by atoms with Crippen molar-refractivity contribution < 1.29 is 9.84 Å². The van der Waals surface area contributed by atoms with Gasteiger partial charge in [0.05, 0.1) is 11.6 Å². The highest BCUT2D eigenvalue weighted by atomic mass is 127. The van der Waals surface area contributed by atoms with Crippen molar-refractivity contribution >= 4 is 53.1 Å². The summed E-state index contributed by atoms with van der Waals surface area (Å²) in [7, 11) is 0. The van der Waals surface area contributed by atoms with E-state index in [2.05, 4.69) is 10.3 Å². The number of aliphatic hydroxyl groups is 1. The van der Waals surface area contributed by atoms with Crippen LogP contribution in [0.3, 0.4) is 0 Å². The number of nitrogens with zero attached hydrogens (tertiary/aromatic N) is 1. The van der Waals surface area contributed by atoms with Crippen molar-refractivity contribution in [3.05, 3.63) is 28.2 Å². The SMILES string of the molecule is I.NC(=NCC(O)COc1cccc(Cl)c1Cl)NC1CCCCC1. The van der Waals surface area contributed by atoms with E-state index in [0.29, 0.717) is 27.8 Å². The number of benzene rings is 1. The molecule has 1 atom stereocenters. The predicted octanol–water partition coefficient (Wildman–Crippen LogP) is 3.59. The lowest BCUT2D eigenvalue weighted by molar-refractivity contribution is 0.114. The van der Waals surface area contributed by atoms with Crippen LogP contribution in [-0.4, -0.2) is 36.4 Å². The van der Waals surface area contributed by atoms with E-state index < -0.39 is 6.10 Å². The van der Waals surface area contributed by atoms with E-state index in [1.54, 1.807) is 18.2 Å². The molecule has 1 aromatic carbocycles. The van der Waals surface area contributed by atoms with Crippen LogP contribution < -0.4 is 15.8 Å². The topological polar surface area (TPSA) is 79.9 Å². The summed E-state index contributed by atoms with van der Waals surface area (Å²) in [5.74, 6) is 0.812. The average Bonchev–Trinajstić information content (AvgIpc) is 2.55. The van der Waals surface area contributed by atoms with Crippen LogP contribution in [0.15, 0.2) is 23.2 Å². The smallest absolute Gasteiger partial charge is 0.188 e. The molecule has 1 saturated carbocycles. The van der Waals surface area contributed by atoms with Gasteiger partial charge < -0.3 is 20.9 Å². The number of hydrogen-bond donors (Lipinski definition) is 3. The molecule has 2 rings (SSSR count). The molecule has 0 saturated heterocycles. The van der Waals surface area contributed by atoms with E-state index in [1.807, 2.05) is 0 Å². The van der Waals surface area contributed by atoms with Gasteiger partial charge in [-0.05, 0) is 25.0 Å². The molecule has 5 nitrogen and oxygen atoms in total. The van der Waals surface area contributed by atoms with Crippen LogP contribution in [0, 0.1) is 0 Å². The van der Waals surface area contributed by atoms with Crippen LogP contribution in [0.5, 0.6) is 5.75 Å². The summed E-state index contributed by atoms with van der Waals surface area (Å²) < 4.78 is 5.46. The fourth-order valence-electron chi connectivity index (χ4n) is 2.54. The van der Waals surface area contributed by atoms with Gasteiger partial charge in [-0.25, -0.2) is 0 Å². The van der Waals surface area contributed by atoms with Crippen molar-refractivity contribution in [2.75, 3.05) is 13.2 Å². The Morgan fingerprint density at radius 1 is 1.33 bits per heavy atom. The molecule has 0 bridgehead atoms. The number of nitrogens with one attached hydrogen (secondary N) is 1. The Bertz CT molecular complexity index is 540. The fourth-order valence-corrected chi connectivity index (χ4v) is 2.89. The molecule has 1 aliphatic carbocycles. The van der Waals surface area contributed by atoms with Crippen molar-refractivity contribution in [1.29, 1.82) is 0 Å². The third-order valence-electron chi connectivity index (χ3n) is 3.78. The first-order chi connectivity index (χ1) is 11.1. The number of guanidine groups is 1. The molecule has 136 valence electrons. The number of hydrogen-bond acceptors (Lipinski definition) is 3. The molecule has 0 aromatic heterocycles. The molecule has 0 heterocycles. The quantitative estimate of drug-likeness (QED) is 0.325. The van der Waals surface area contributed by atoms with Gasteiger partial charge in [-0.1, -0.05) is 48.5 Å². The first-order valence-electron chi connectivity index (χ1n) is 7.87. The molecule has 1 aromatic rings. The van der Waals surface area contributed by atoms with Gasteiger partial charge in [0.1, 0.15) is 23.5 Å². The second-order valence-corrected chi connectivity index (χ2v) is 6.51. The van der Waals surface area contributed by atoms with Crippen molar-refractivity contribution in [2.24, 2.45) is 10.7 Å². The van der Waals surface area contributed by atoms with Gasteiger partial charge >= 0.3 is 0 Å². The molecule has 4 N–H and O–H groups in total. The first-order valence-corrected chi connectivity index (χ1v) is 8.63. The Hall–Kier alpha value is -0.440. The summed E-state index contributed by atoms with van der Waals surface area (Å²) in [6.07, 6.45) is 5.21. The van der Waals surface area contributed by atoms with E-state index in [1.165, 1.54) is 19.3 Å². The summed E-state index contributed by atoms with van der Waals surface area (Å²) in [5, 5.41) is 13.9. The van der Waals surface area contributed by atoms with Crippen molar-refractivity contribution in [3.8, 4) is 5.75 Å². The summed E-state index contributed by atoms with van der Waals surface area (Å²) >= 11 is 11.9. The zero-order chi connectivity index (χ0) is 16.7. The highest BCUT2D eigenvalue weighted by molar-refractivity contribution is 14.0. The number of halogens is 3. The maximum Gasteiger partial charge on any atom is 0.188 e. The van der Waals surface area contributed by atoms with Gasteiger partial charge in [-0.15, -0.1) is 24.0 Å². The van der Waals surface area contributed by atoms with Gasteiger partial charge in [-0.2, -0.15) is 0 Å². The van der Waals surface area contributed by atoms with E-state index in [-0.39, 0.29) is 37.1 Å². The van der Waals surface area contributed by atoms with Gasteiger partial charge in [0, 0.05) is 6.04 Å². The highest BCUT2D eigenvalue weighted by Crippen LogP contribution is 2.31. The predicted molar refractivity (Wildman–Crippen MR) is 110 cm³/mol. The van der Waals surface area contributed by atoms with Crippen molar-refractivity contribution in [1.82, 2.24) is 5.32 Å². The van der Waals surface area contributed by atoms with Gasteiger partial charge in [-0.3, -0.25) is 4.99 Å². The monoisotopic (exact) mass is 487 g/mol. The van der Waals surface area contributed by atoms with Crippen LogP contribution in [0.2, 0.25) is 10.0 Å².